The van der Waals surface area contributed by atoms with Crippen LogP contribution < -0.4 is 65.4 Å². The molecular weight excluding hydrogens is 1010 g/mol. The summed E-state index contributed by atoms with van der Waals surface area (Å²) in [4.78, 5) is 0. The first-order valence-corrected chi connectivity index (χ1v) is 26.5. The summed E-state index contributed by atoms with van der Waals surface area (Å²) >= 11 is 0. The molecule has 1 saturated carbocycles. The average Bonchev–Trinajstić information content (AvgIpc) is 3.47. The number of methoxy groups -OCH3 is 4. The Bertz CT molecular complexity index is 2770. The zero-order valence-electron chi connectivity index (χ0n) is 43.1. The molecule has 0 bridgehead atoms. The van der Waals surface area contributed by atoms with Gasteiger partial charge in [-0.25, -0.2) is 37.3 Å². The number of halogens is 2. The molecule has 1 fully saturated rings. The lowest BCUT2D eigenvalue weighted by Gasteiger charge is -2.54. The molecule has 2 aromatic heterocycles. The molecule has 0 atom stereocenters. The Kier molecular flexibility index (Phi) is 23.4. The van der Waals surface area contributed by atoms with E-state index >= 15 is 0 Å². The molecule has 0 aliphatic heterocycles. The van der Waals surface area contributed by atoms with E-state index < -0.39 is 20.5 Å². The predicted molar refractivity (Wildman–Crippen MR) is 269 cm³/mol. The van der Waals surface area contributed by atoms with E-state index in [0.717, 1.165) is 36.1 Å². The Morgan fingerprint density at radius 2 is 0.605 bits per heavy atom. The number of benzene rings is 7. The molecule has 14 nitrogen and oxygen atoms in total. The van der Waals surface area contributed by atoms with Crippen LogP contribution in [0.15, 0.2) is 219 Å². The number of aromatic nitrogens is 2. The predicted octanol–water partition coefficient (Wildman–Crippen LogP) is 3.64. The van der Waals surface area contributed by atoms with Gasteiger partial charge in [0, 0.05) is 35.0 Å². The Morgan fingerprint density at radius 3 is 0.855 bits per heavy atom. The van der Waals surface area contributed by atoms with E-state index in [2.05, 4.69) is 120 Å². The van der Waals surface area contributed by atoms with Crippen LogP contribution in [0.3, 0.4) is 0 Å². The minimum Gasteiger partial charge on any atom is -0.493 e. The van der Waals surface area contributed by atoms with Crippen LogP contribution in [0.5, 0.6) is 23.0 Å². The first-order valence-electron chi connectivity index (χ1n) is 24.1. The van der Waals surface area contributed by atoms with E-state index in [4.69, 9.17) is 56.2 Å². The number of hydrogen-bond donors (Lipinski definition) is 0. The minimum absolute atomic E-state index is 0.143. The summed E-state index contributed by atoms with van der Waals surface area (Å²) in [6.07, 6.45) is 4.51. The second-order valence-electron chi connectivity index (χ2n) is 16.7. The van der Waals surface area contributed by atoms with Gasteiger partial charge in [-0.15, -0.1) is 20.5 Å². The molecule has 7 aromatic carbocycles. The van der Waals surface area contributed by atoms with Crippen molar-refractivity contribution in [3.8, 4) is 23.0 Å². The van der Waals surface area contributed by atoms with E-state index in [0.29, 0.717) is 0 Å². The largest absolute Gasteiger partial charge is 0.493 e. The fraction of sp³-hybridized carbons (Fsp3) is 0.200. The van der Waals surface area contributed by atoms with Crippen molar-refractivity contribution in [1.82, 2.24) is 0 Å². The lowest BCUT2D eigenvalue weighted by atomic mass is 9.48. The highest BCUT2D eigenvalue weighted by molar-refractivity contribution is 5.83. The third-order valence-electron chi connectivity index (χ3n) is 12.4. The van der Waals surface area contributed by atoms with Crippen LogP contribution in [0.25, 0.3) is 21.8 Å². The number of para-hydroxylation sites is 2. The van der Waals surface area contributed by atoms with Gasteiger partial charge < -0.3 is 18.9 Å². The first kappa shape index (κ1) is 59.7. The zero-order chi connectivity index (χ0) is 55.1. The average molecular weight is 1070 g/mol. The highest BCUT2D eigenvalue weighted by Crippen LogP contribution is 2.68. The molecule has 0 unspecified atom stereocenters. The second-order valence-corrected chi connectivity index (χ2v) is 18.2. The quantitative estimate of drug-likeness (QED) is 0.179. The standard InChI is InChI=1S/C42H44N2O4.3C6H6.2ClHO4/c1-7-43-23-21-31(29-13-9-11-15-33(29)43)41-39(27-17-19-35(45-3)37(25-27)47-5)42(40(41)28-18-20-36(46-4)38(26-28)48-6)32-22-24-44(8-2)34-16-12-10-14-30(32)34;3*1-2-4-6-5-3-1;2*2-1(3,4)5/h9-26,39-42H,7-8H2,1-6H3;3*1-6H;2*(H,2,3,4,5)/q+2;;;;;/p-2. The topological polar surface area (TPSA) is 229 Å². The van der Waals surface area contributed by atoms with Crippen molar-refractivity contribution in [3.63, 3.8) is 0 Å². The van der Waals surface area contributed by atoms with Crippen molar-refractivity contribution in [3.05, 3.63) is 241 Å². The maximum atomic E-state index is 8.49. The van der Waals surface area contributed by atoms with Crippen molar-refractivity contribution in [2.24, 2.45) is 0 Å². The first-order chi connectivity index (χ1) is 36.6. The summed E-state index contributed by atoms with van der Waals surface area (Å²) < 4.78 is 95.8. The number of fused-ring (bicyclic) bond motifs is 2. The van der Waals surface area contributed by atoms with Crippen LogP contribution in [0.1, 0.15) is 59.8 Å². The minimum atomic E-state index is -4.94. The Hall–Kier alpha value is -7.18. The highest BCUT2D eigenvalue weighted by atomic mass is 35.7. The summed E-state index contributed by atoms with van der Waals surface area (Å²) in [7, 11) is -3.08. The Balaban J connectivity index is 0.000000306. The fourth-order valence-electron chi connectivity index (χ4n) is 9.38. The van der Waals surface area contributed by atoms with Crippen LogP contribution >= 0.6 is 0 Å². The van der Waals surface area contributed by atoms with Gasteiger partial charge in [0.05, 0.1) is 28.4 Å². The van der Waals surface area contributed by atoms with E-state index in [1.54, 1.807) is 28.4 Å². The van der Waals surface area contributed by atoms with Gasteiger partial charge in [0.15, 0.2) is 35.4 Å². The molecule has 0 saturated heterocycles. The van der Waals surface area contributed by atoms with Crippen molar-refractivity contribution < 1.29 is 85.8 Å². The van der Waals surface area contributed by atoms with Crippen LogP contribution in [-0.2, 0) is 13.1 Å². The molecule has 398 valence electrons. The van der Waals surface area contributed by atoms with Gasteiger partial charge in [0.25, 0.3) is 0 Å². The maximum Gasteiger partial charge on any atom is 0.212 e. The molecule has 1 aliphatic carbocycles. The van der Waals surface area contributed by atoms with E-state index in [-0.39, 0.29) is 23.7 Å². The number of nitrogens with zero attached hydrogens (tertiary/aromatic N) is 2. The molecule has 76 heavy (non-hydrogen) atoms. The zero-order valence-corrected chi connectivity index (χ0v) is 44.6. The number of aryl methyl sites for hydroxylation is 2. The Morgan fingerprint density at radius 1 is 0.342 bits per heavy atom. The molecule has 0 N–H and O–H groups in total. The molecule has 10 rings (SSSR count). The van der Waals surface area contributed by atoms with Gasteiger partial charge in [-0.05, 0) is 96.2 Å². The van der Waals surface area contributed by atoms with Gasteiger partial charge in [0.2, 0.25) is 11.0 Å². The van der Waals surface area contributed by atoms with E-state index in [1.165, 1.54) is 44.1 Å². The smallest absolute Gasteiger partial charge is 0.212 e. The summed E-state index contributed by atoms with van der Waals surface area (Å²) in [6, 6.07) is 71.3. The van der Waals surface area contributed by atoms with E-state index in [9.17, 15) is 0 Å². The van der Waals surface area contributed by atoms with Crippen molar-refractivity contribution in [2.45, 2.75) is 50.6 Å². The Labute approximate surface area is 448 Å². The van der Waals surface area contributed by atoms with Gasteiger partial charge in [-0.2, -0.15) is 9.13 Å². The molecule has 9 aromatic rings. The molecule has 0 spiro atoms. The summed E-state index contributed by atoms with van der Waals surface area (Å²) in [6.45, 7) is 6.21. The molecule has 0 radical (unpaired) electrons. The van der Waals surface area contributed by atoms with Crippen molar-refractivity contribution >= 4 is 21.8 Å². The number of pyridine rings is 2. The monoisotopic (exact) mass is 1070 g/mol. The van der Waals surface area contributed by atoms with Crippen LogP contribution in [0.2, 0.25) is 0 Å². The molecule has 0 amide bonds. The normalized spacial score (nSPS) is 15.3. The second kappa shape index (κ2) is 29.8. The molecular formula is C60H62Cl2N2O12. The van der Waals surface area contributed by atoms with Gasteiger partial charge in [0.1, 0.15) is 13.1 Å². The number of ether oxygens (including phenoxy) is 4. The van der Waals surface area contributed by atoms with Crippen molar-refractivity contribution in [2.75, 3.05) is 28.4 Å². The van der Waals surface area contributed by atoms with Crippen LogP contribution in [-0.4, -0.2) is 28.4 Å². The maximum absolute atomic E-state index is 8.49. The fourth-order valence-corrected chi connectivity index (χ4v) is 9.38. The third kappa shape index (κ3) is 17.4. The molecule has 1 aliphatic rings. The molecule has 16 heteroatoms. The van der Waals surface area contributed by atoms with E-state index in [1.807, 2.05) is 121 Å². The van der Waals surface area contributed by atoms with Crippen LogP contribution in [0, 0.1) is 20.5 Å². The van der Waals surface area contributed by atoms with Crippen molar-refractivity contribution in [1.29, 1.82) is 0 Å². The third-order valence-corrected chi connectivity index (χ3v) is 12.4. The van der Waals surface area contributed by atoms with Gasteiger partial charge in [-0.1, -0.05) is 146 Å². The number of rotatable bonds is 10. The van der Waals surface area contributed by atoms with Crippen LogP contribution in [0.4, 0.5) is 0 Å². The summed E-state index contributed by atoms with van der Waals surface area (Å²) in [5, 5.41) is 2.56. The highest BCUT2D eigenvalue weighted by Gasteiger charge is 2.54. The van der Waals surface area contributed by atoms with Gasteiger partial charge in [-0.3, -0.25) is 0 Å². The molecule has 2 heterocycles. The summed E-state index contributed by atoms with van der Waals surface area (Å²) in [5.74, 6) is 3.53. The summed E-state index contributed by atoms with van der Waals surface area (Å²) in [5.41, 5.74) is 7.63. The number of hydrogen-bond acceptors (Lipinski definition) is 12. The lowest BCUT2D eigenvalue weighted by molar-refractivity contribution is -2.00. The van der Waals surface area contributed by atoms with Gasteiger partial charge >= 0.3 is 0 Å². The SMILES string of the molecule is CC[n+]1ccc(C2C(c3ccc(OC)c(OC)c3)C(c3cc[n+](CC)c4ccccc34)C2c2ccc(OC)c(OC)c2)c2ccccc21.[O-][Cl+3]([O-])([O-])[O-].[O-][Cl+3]([O-])([O-])[O-].c1ccccc1.c1ccccc1.c1ccccc1. The lowest BCUT2D eigenvalue weighted by Crippen LogP contribution is -2.68.